The molecular formula is C19H25NO. The molecule has 0 unspecified atom stereocenters. The Kier molecular flexibility index (Phi) is 4.45. The minimum Gasteiger partial charge on any atom is -0.492 e. The lowest BCUT2D eigenvalue weighted by Crippen LogP contribution is -2.40. The van der Waals surface area contributed by atoms with Crippen LogP contribution in [0.1, 0.15) is 20.3 Å². The van der Waals surface area contributed by atoms with Crippen molar-refractivity contribution in [3.8, 4) is 5.75 Å². The third-order valence-corrected chi connectivity index (χ3v) is 4.36. The van der Waals surface area contributed by atoms with Gasteiger partial charge in [0.05, 0.1) is 0 Å². The van der Waals surface area contributed by atoms with E-state index < -0.39 is 0 Å². The fraction of sp³-hybridized carbons (Fsp3) is 0.474. The third kappa shape index (κ3) is 3.56. The first-order valence-corrected chi connectivity index (χ1v) is 8.05. The molecule has 2 nitrogen and oxygen atoms in total. The monoisotopic (exact) mass is 283 g/mol. The first-order chi connectivity index (χ1) is 10.2. The van der Waals surface area contributed by atoms with Crippen molar-refractivity contribution in [2.75, 3.05) is 26.2 Å². The highest BCUT2D eigenvalue weighted by molar-refractivity contribution is 5.88. The fourth-order valence-electron chi connectivity index (χ4n) is 3.58. The Labute approximate surface area is 127 Å². The maximum absolute atomic E-state index is 6.05. The number of nitrogens with zero attached hydrogens (tertiary/aromatic N) is 1. The predicted molar refractivity (Wildman–Crippen MR) is 88.8 cm³/mol. The normalized spacial score (nSPS) is 23.3. The van der Waals surface area contributed by atoms with Gasteiger partial charge in [0.25, 0.3) is 0 Å². The Hall–Kier alpha value is -1.54. The van der Waals surface area contributed by atoms with Crippen LogP contribution in [-0.4, -0.2) is 31.1 Å². The molecular weight excluding hydrogens is 258 g/mol. The lowest BCUT2D eigenvalue weighted by molar-refractivity contribution is 0.121. The smallest absolute Gasteiger partial charge is 0.127 e. The van der Waals surface area contributed by atoms with Crippen molar-refractivity contribution >= 4 is 10.8 Å². The molecule has 2 aromatic carbocycles. The van der Waals surface area contributed by atoms with E-state index in [4.69, 9.17) is 4.74 Å². The molecule has 0 bridgehead atoms. The van der Waals surface area contributed by atoms with E-state index in [-0.39, 0.29) is 0 Å². The number of fused-ring (bicyclic) bond motifs is 1. The van der Waals surface area contributed by atoms with Gasteiger partial charge in [-0.2, -0.15) is 0 Å². The maximum Gasteiger partial charge on any atom is 0.127 e. The van der Waals surface area contributed by atoms with Gasteiger partial charge in [-0.3, -0.25) is 4.90 Å². The van der Waals surface area contributed by atoms with Crippen molar-refractivity contribution in [3.63, 3.8) is 0 Å². The van der Waals surface area contributed by atoms with Gasteiger partial charge in [0.2, 0.25) is 0 Å². The van der Waals surface area contributed by atoms with Gasteiger partial charge in [0, 0.05) is 25.0 Å². The number of benzene rings is 2. The molecule has 2 atom stereocenters. The number of piperidine rings is 1. The molecule has 0 radical (unpaired) electrons. The van der Waals surface area contributed by atoms with Gasteiger partial charge in [-0.1, -0.05) is 50.2 Å². The average molecular weight is 283 g/mol. The van der Waals surface area contributed by atoms with Gasteiger partial charge >= 0.3 is 0 Å². The SMILES string of the molecule is C[C@@H]1C[C@@H](C)CN(CCOc2cccc3ccccc23)C1. The Bertz CT molecular complexity index is 580. The standard InChI is InChI=1S/C19H25NO/c1-15-12-16(2)14-20(13-15)10-11-21-19-9-5-7-17-6-3-4-8-18(17)19/h3-9,15-16H,10-14H2,1-2H3/t15-,16-/m1/s1. The molecule has 2 aromatic rings. The first kappa shape index (κ1) is 14.4. The maximum atomic E-state index is 6.05. The molecule has 2 heteroatoms. The van der Waals surface area contributed by atoms with Crippen molar-refractivity contribution in [2.45, 2.75) is 20.3 Å². The van der Waals surface area contributed by atoms with Crippen LogP contribution >= 0.6 is 0 Å². The van der Waals surface area contributed by atoms with Gasteiger partial charge in [0.15, 0.2) is 0 Å². The van der Waals surface area contributed by atoms with E-state index in [0.717, 1.165) is 30.7 Å². The van der Waals surface area contributed by atoms with Crippen LogP contribution in [-0.2, 0) is 0 Å². The van der Waals surface area contributed by atoms with Crippen molar-refractivity contribution in [3.05, 3.63) is 42.5 Å². The summed E-state index contributed by atoms with van der Waals surface area (Å²) < 4.78 is 6.05. The number of likely N-dealkylation sites (tertiary alicyclic amines) is 1. The van der Waals surface area contributed by atoms with Gasteiger partial charge < -0.3 is 4.74 Å². The summed E-state index contributed by atoms with van der Waals surface area (Å²) in [5, 5.41) is 2.45. The van der Waals surface area contributed by atoms with E-state index in [9.17, 15) is 0 Å². The van der Waals surface area contributed by atoms with E-state index in [1.807, 2.05) is 0 Å². The first-order valence-electron chi connectivity index (χ1n) is 8.05. The summed E-state index contributed by atoms with van der Waals surface area (Å²) in [7, 11) is 0. The van der Waals surface area contributed by atoms with Gasteiger partial charge in [-0.05, 0) is 29.7 Å². The Morgan fingerprint density at radius 3 is 2.52 bits per heavy atom. The van der Waals surface area contributed by atoms with Crippen molar-refractivity contribution in [2.24, 2.45) is 11.8 Å². The molecule has 1 saturated heterocycles. The zero-order valence-electron chi connectivity index (χ0n) is 13.1. The minimum atomic E-state index is 0.771. The van der Waals surface area contributed by atoms with Crippen LogP contribution in [0, 0.1) is 11.8 Å². The Morgan fingerprint density at radius 2 is 1.71 bits per heavy atom. The highest BCUT2D eigenvalue weighted by atomic mass is 16.5. The molecule has 1 heterocycles. The summed E-state index contributed by atoms with van der Waals surface area (Å²) in [6.07, 6.45) is 1.36. The molecule has 1 fully saturated rings. The largest absolute Gasteiger partial charge is 0.492 e. The van der Waals surface area contributed by atoms with Crippen LogP contribution in [0.15, 0.2) is 42.5 Å². The minimum absolute atomic E-state index is 0.771. The van der Waals surface area contributed by atoms with Crippen molar-refractivity contribution in [1.29, 1.82) is 0 Å². The molecule has 21 heavy (non-hydrogen) atoms. The quantitative estimate of drug-likeness (QED) is 0.834. The lowest BCUT2D eigenvalue weighted by Gasteiger charge is -2.34. The summed E-state index contributed by atoms with van der Waals surface area (Å²) >= 11 is 0. The van der Waals surface area contributed by atoms with E-state index in [0.29, 0.717) is 0 Å². The zero-order valence-corrected chi connectivity index (χ0v) is 13.1. The van der Waals surface area contributed by atoms with E-state index >= 15 is 0 Å². The van der Waals surface area contributed by atoms with E-state index in [1.165, 1.54) is 30.3 Å². The number of ether oxygens (including phenoxy) is 1. The number of hydrogen-bond acceptors (Lipinski definition) is 2. The van der Waals surface area contributed by atoms with Crippen LogP contribution in [0.4, 0.5) is 0 Å². The van der Waals surface area contributed by atoms with Gasteiger partial charge in [-0.25, -0.2) is 0 Å². The van der Waals surface area contributed by atoms with Crippen LogP contribution in [0.3, 0.4) is 0 Å². The summed E-state index contributed by atoms with van der Waals surface area (Å²) in [5.41, 5.74) is 0. The highest BCUT2D eigenvalue weighted by Gasteiger charge is 2.21. The molecule has 3 rings (SSSR count). The summed E-state index contributed by atoms with van der Waals surface area (Å²) in [6, 6.07) is 14.7. The molecule has 0 aliphatic carbocycles. The summed E-state index contributed by atoms with van der Waals surface area (Å²) in [6.45, 7) is 8.93. The number of hydrogen-bond donors (Lipinski definition) is 0. The topological polar surface area (TPSA) is 12.5 Å². The molecule has 0 aromatic heterocycles. The molecule has 0 N–H and O–H groups in total. The lowest BCUT2D eigenvalue weighted by atomic mass is 9.92. The zero-order chi connectivity index (χ0) is 14.7. The van der Waals surface area contributed by atoms with Gasteiger partial charge in [0.1, 0.15) is 12.4 Å². The van der Waals surface area contributed by atoms with E-state index in [1.54, 1.807) is 0 Å². The van der Waals surface area contributed by atoms with Crippen molar-refractivity contribution < 1.29 is 4.74 Å². The second kappa shape index (κ2) is 6.48. The van der Waals surface area contributed by atoms with Crippen LogP contribution in [0.25, 0.3) is 10.8 Å². The highest BCUT2D eigenvalue weighted by Crippen LogP contribution is 2.25. The third-order valence-electron chi connectivity index (χ3n) is 4.36. The second-order valence-corrected chi connectivity index (χ2v) is 6.53. The molecule has 1 aliphatic heterocycles. The number of rotatable bonds is 4. The average Bonchev–Trinajstić information content (AvgIpc) is 2.46. The predicted octanol–water partition coefficient (Wildman–Crippen LogP) is 4.20. The van der Waals surface area contributed by atoms with Crippen LogP contribution < -0.4 is 4.74 Å². The molecule has 0 amide bonds. The molecule has 112 valence electrons. The van der Waals surface area contributed by atoms with Crippen LogP contribution in [0.2, 0.25) is 0 Å². The second-order valence-electron chi connectivity index (χ2n) is 6.53. The summed E-state index contributed by atoms with van der Waals surface area (Å²) in [4.78, 5) is 2.55. The fourth-order valence-corrected chi connectivity index (χ4v) is 3.58. The van der Waals surface area contributed by atoms with Crippen LogP contribution in [0.5, 0.6) is 5.75 Å². The Morgan fingerprint density at radius 1 is 1.00 bits per heavy atom. The van der Waals surface area contributed by atoms with Crippen molar-refractivity contribution in [1.82, 2.24) is 4.90 Å². The van der Waals surface area contributed by atoms with E-state index in [2.05, 4.69) is 61.2 Å². The molecule has 0 spiro atoms. The Balaban J connectivity index is 1.59. The molecule has 0 saturated carbocycles. The van der Waals surface area contributed by atoms with Gasteiger partial charge in [-0.15, -0.1) is 0 Å². The molecule has 1 aliphatic rings. The summed E-state index contributed by atoms with van der Waals surface area (Å²) in [5.74, 6) is 2.63.